The minimum Gasteiger partial charge on any atom is -0.456 e. The number of amides is 3. The molecule has 8 rings (SSSR count). The second kappa shape index (κ2) is 27.0. The Kier molecular flexibility index (Phi) is 20.0. The molecule has 0 saturated carbocycles. The number of sulfonamides is 1. The van der Waals surface area contributed by atoms with Crippen LogP contribution in [0.5, 0.6) is 0 Å². The van der Waals surface area contributed by atoms with Crippen LogP contribution in [0.25, 0.3) is 33.4 Å². The third kappa shape index (κ3) is 14.4. The number of hydrogen-bond acceptors (Lipinski definition) is 14. The number of benzene rings is 4. The van der Waals surface area contributed by atoms with Crippen molar-refractivity contribution >= 4 is 71.7 Å². The lowest BCUT2D eigenvalue weighted by Crippen LogP contribution is -2.50. The molecule has 22 heteroatoms. The van der Waals surface area contributed by atoms with Gasteiger partial charge in [-0.05, 0) is 95.1 Å². The molecular formula is C57H72N9O11S2+. The summed E-state index contributed by atoms with van der Waals surface area (Å²) in [5, 5.41) is 7.22. The molecule has 3 aromatic carbocycles. The maximum Gasteiger partial charge on any atom is 0.295 e. The van der Waals surface area contributed by atoms with Gasteiger partial charge in [-0.2, -0.15) is 8.42 Å². The van der Waals surface area contributed by atoms with Crippen LogP contribution in [0.15, 0.2) is 111 Å². The van der Waals surface area contributed by atoms with Gasteiger partial charge in [0.25, 0.3) is 16.0 Å². The van der Waals surface area contributed by atoms with Crippen molar-refractivity contribution < 1.29 is 49.7 Å². The van der Waals surface area contributed by atoms with E-state index in [0.717, 1.165) is 62.9 Å². The van der Waals surface area contributed by atoms with Crippen LogP contribution in [-0.2, 0) is 39.2 Å². The molecule has 1 saturated heterocycles. The Morgan fingerprint density at radius 3 is 2.27 bits per heavy atom. The van der Waals surface area contributed by atoms with Gasteiger partial charge in [0.05, 0.1) is 60.9 Å². The highest BCUT2D eigenvalue weighted by Crippen LogP contribution is 2.44. The number of fused-ring (bicyclic) bond motifs is 4. The van der Waals surface area contributed by atoms with Gasteiger partial charge in [0.15, 0.2) is 5.82 Å². The fraction of sp³-hybridized carbons (Fsp3) is 0.421. The van der Waals surface area contributed by atoms with Gasteiger partial charge in [-0.1, -0.05) is 24.6 Å². The van der Waals surface area contributed by atoms with Crippen LogP contribution >= 0.6 is 0 Å². The summed E-state index contributed by atoms with van der Waals surface area (Å²) in [6, 6.07) is 25.7. The molecule has 4 aliphatic rings. The molecular weight excluding hydrogens is 1050 g/mol. The van der Waals surface area contributed by atoms with Crippen molar-refractivity contribution in [2.45, 2.75) is 63.2 Å². The van der Waals surface area contributed by atoms with Crippen LogP contribution in [-0.4, -0.2) is 159 Å². The van der Waals surface area contributed by atoms with E-state index in [1.807, 2.05) is 36.4 Å². The number of hydrogen-bond donors (Lipinski definition) is 4. The van der Waals surface area contributed by atoms with Crippen molar-refractivity contribution in [3.8, 4) is 22.5 Å². The molecule has 422 valence electrons. The number of nitrogens with zero attached hydrogens (tertiary/aromatic N) is 6. The van der Waals surface area contributed by atoms with Crippen molar-refractivity contribution in [2.24, 2.45) is 0 Å². The summed E-state index contributed by atoms with van der Waals surface area (Å²) >= 11 is 0. The first-order chi connectivity index (χ1) is 38.1. The molecule has 3 amide bonds. The van der Waals surface area contributed by atoms with E-state index in [0.29, 0.717) is 116 Å². The lowest BCUT2D eigenvalue weighted by Gasteiger charge is -2.35. The second-order valence-electron chi connectivity index (χ2n) is 19.3. The minimum atomic E-state index is -4.95. The van der Waals surface area contributed by atoms with Gasteiger partial charge in [-0.25, -0.2) is 22.7 Å². The van der Waals surface area contributed by atoms with Crippen LogP contribution < -0.4 is 35.1 Å². The van der Waals surface area contributed by atoms with E-state index in [1.165, 1.54) is 17.0 Å². The van der Waals surface area contributed by atoms with Gasteiger partial charge < -0.3 is 29.4 Å². The molecule has 0 atom stereocenters. The normalized spacial score (nSPS) is 14.2. The zero-order valence-electron chi connectivity index (χ0n) is 45.4. The lowest BCUT2D eigenvalue weighted by molar-refractivity contribution is -0.121. The quantitative estimate of drug-likeness (QED) is 0.0210. The van der Waals surface area contributed by atoms with Crippen LogP contribution in [0.3, 0.4) is 0 Å². The topological polar surface area (TPSA) is 236 Å². The number of carbonyl (C=O) groups excluding carboxylic acids is 3. The van der Waals surface area contributed by atoms with Crippen LogP contribution in [0.4, 0.5) is 22.9 Å². The van der Waals surface area contributed by atoms with E-state index < -0.39 is 25.0 Å². The Hall–Kier alpha value is -6.63. The highest BCUT2D eigenvalue weighted by molar-refractivity contribution is 7.89. The minimum absolute atomic E-state index is 0.0499. The molecule has 20 nitrogen and oxygen atoms in total. The summed E-state index contributed by atoms with van der Waals surface area (Å²) in [5.74, 6) is 0.296. The lowest BCUT2D eigenvalue weighted by atomic mass is 9.93. The van der Waals surface area contributed by atoms with E-state index in [-0.39, 0.29) is 47.7 Å². The van der Waals surface area contributed by atoms with Crippen molar-refractivity contribution in [1.82, 2.24) is 29.4 Å². The van der Waals surface area contributed by atoms with E-state index >= 15 is 0 Å². The average molecular weight is 1120 g/mol. The summed E-state index contributed by atoms with van der Waals surface area (Å²) in [4.78, 5) is 50.9. The van der Waals surface area contributed by atoms with E-state index in [2.05, 4.69) is 67.3 Å². The van der Waals surface area contributed by atoms with Gasteiger partial charge in [-0.3, -0.25) is 33.6 Å². The van der Waals surface area contributed by atoms with E-state index in [4.69, 9.17) is 13.9 Å². The van der Waals surface area contributed by atoms with Gasteiger partial charge in [0, 0.05) is 111 Å². The molecule has 3 aliphatic heterocycles. The highest BCUT2D eigenvalue weighted by atomic mass is 32.2. The number of piperazine rings is 1. The second-order valence-corrected chi connectivity index (χ2v) is 22.4. The van der Waals surface area contributed by atoms with Crippen molar-refractivity contribution in [1.29, 1.82) is 0 Å². The number of anilines is 4. The first kappa shape index (κ1) is 58.5. The van der Waals surface area contributed by atoms with Gasteiger partial charge in [-0.15, -0.1) is 0 Å². The number of para-hydroxylation sites is 1. The Morgan fingerprint density at radius 1 is 0.785 bits per heavy atom. The first-order valence-corrected chi connectivity index (χ1v) is 30.1. The Labute approximate surface area is 462 Å². The molecule has 4 aromatic rings. The monoisotopic (exact) mass is 1120 g/mol. The van der Waals surface area contributed by atoms with Crippen molar-refractivity contribution in [3.63, 3.8) is 0 Å². The smallest absolute Gasteiger partial charge is 0.295 e. The fourth-order valence-corrected chi connectivity index (χ4v) is 12.0. The zero-order chi connectivity index (χ0) is 56.1. The van der Waals surface area contributed by atoms with Crippen LogP contribution in [0, 0.1) is 0 Å². The molecule has 1 aliphatic carbocycles. The molecule has 1 fully saturated rings. The van der Waals surface area contributed by atoms with Crippen LogP contribution in [0.1, 0.15) is 63.7 Å². The standard InChI is InChI=1S/C57H71N9O11S2/c1-5-64(6-2)41-19-22-45-50(37-41)77-51-38-42(65(7-3)8-4)20-23-46(51)55(45)47-24-21-43(39-52(47)79(72,73)74)78(70,71)60-26-13-9-10-18-53(67)58-27-33-75-35-36-76-34-32-62-28-30-63(31-29-62)40-54(68)66-49-17-12-11-15-44(49)57(69)61-48-16-14-25-59-56(48)66/h11-12,14-17,19-25,37-39,60H,5-10,13,18,26-36,40H2,1-4H3,(H2-,58,61,67,69,72,73,74)/p+1. The molecule has 79 heavy (non-hydrogen) atoms. The summed E-state index contributed by atoms with van der Waals surface area (Å²) in [6.07, 6.45) is 3.37. The number of pyridine rings is 1. The molecule has 1 aromatic heterocycles. The third-order valence-electron chi connectivity index (χ3n) is 14.3. The van der Waals surface area contributed by atoms with Crippen molar-refractivity contribution in [2.75, 3.05) is 120 Å². The zero-order valence-corrected chi connectivity index (χ0v) is 47.0. The Morgan fingerprint density at radius 2 is 1.52 bits per heavy atom. The van der Waals surface area contributed by atoms with Crippen molar-refractivity contribution in [3.05, 3.63) is 108 Å². The SMILES string of the molecule is CCN(CC)c1ccc2c(-c3ccc(S(=O)(=O)NCCCCCC(=O)NCCOCCOCCN4CCN(CC(=O)N5c6ccccc6C(=O)Nc6cccnc65)CC4)cc3S(=O)(=O)O)c3ccc(=[N+](CC)CC)cc-3oc2c1. The number of rotatable bonds is 26. The van der Waals surface area contributed by atoms with E-state index in [1.54, 1.807) is 42.6 Å². The number of unbranched alkanes of at least 4 members (excludes halogenated alkanes) is 2. The maximum absolute atomic E-state index is 13.8. The molecule has 0 radical (unpaired) electrons. The molecule has 4 heterocycles. The molecule has 4 N–H and O–H groups in total. The number of ether oxygens (including phenoxy) is 2. The Bertz CT molecular complexity index is 3390. The number of aromatic nitrogens is 1. The summed E-state index contributed by atoms with van der Waals surface area (Å²) < 4.78 is 86.8. The molecule has 0 unspecified atom stereocenters. The molecule has 0 bridgehead atoms. The summed E-state index contributed by atoms with van der Waals surface area (Å²) in [6.45, 7) is 17.1. The number of nitrogens with one attached hydrogen (secondary N) is 3. The first-order valence-electron chi connectivity index (χ1n) is 27.1. The number of carbonyl (C=O) groups is 3. The summed E-state index contributed by atoms with van der Waals surface area (Å²) in [5.41, 5.74) is 4.01. The fourth-order valence-electron chi connectivity index (χ4n) is 10.1. The van der Waals surface area contributed by atoms with Gasteiger partial charge in [0.2, 0.25) is 27.2 Å². The van der Waals surface area contributed by atoms with Crippen LogP contribution in [0.2, 0.25) is 0 Å². The molecule has 0 spiro atoms. The van der Waals surface area contributed by atoms with E-state index in [9.17, 15) is 35.8 Å². The van der Waals surface area contributed by atoms with Gasteiger partial charge >= 0.3 is 0 Å². The maximum atomic E-state index is 13.8. The predicted octanol–water partition coefficient (Wildman–Crippen LogP) is 6.04. The third-order valence-corrected chi connectivity index (χ3v) is 16.7. The van der Waals surface area contributed by atoms with Gasteiger partial charge in [0.1, 0.15) is 29.3 Å². The largest absolute Gasteiger partial charge is 0.456 e. The predicted molar refractivity (Wildman–Crippen MR) is 305 cm³/mol. The summed E-state index contributed by atoms with van der Waals surface area (Å²) in [7, 11) is -9.15. The highest BCUT2D eigenvalue weighted by Gasteiger charge is 2.32. The average Bonchev–Trinajstić information content (AvgIpc) is 3.60. The Balaban J connectivity index is 0.730.